The number of pyridine rings is 1. The summed E-state index contributed by atoms with van der Waals surface area (Å²) < 4.78 is 17.2. The number of ether oxygens (including phenoxy) is 3. The fraction of sp³-hybridized carbons (Fsp3) is 0.111. The van der Waals surface area contributed by atoms with Crippen molar-refractivity contribution in [3.63, 3.8) is 0 Å². The zero-order valence-electron chi connectivity index (χ0n) is 18.1. The number of hydrogen-bond acceptors (Lipinski definition) is 5. The summed E-state index contributed by atoms with van der Waals surface area (Å²) in [5.41, 5.74) is 3.01. The molecule has 0 amide bonds. The minimum Gasteiger partial charge on any atom is -0.496 e. The summed E-state index contributed by atoms with van der Waals surface area (Å²) in [5.74, 6) is -0.176. The molecule has 0 radical (unpaired) electrons. The van der Waals surface area contributed by atoms with Crippen LogP contribution in [-0.4, -0.2) is 23.2 Å². The number of rotatable bonds is 9. The molecule has 4 aromatic rings. The molecule has 0 bridgehead atoms. The molecule has 4 rings (SSSR count). The van der Waals surface area contributed by atoms with Crippen molar-refractivity contribution in [1.82, 2.24) is 4.98 Å². The highest BCUT2D eigenvalue weighted by Crippen LogP contribution is 2.37. The molecule has 0 saturated heterocycles. The van der Waals surface area contributed by atoms with Gasteiger partial charge >= 0.3 is 5.97 Å². The van der Waals surface area contributed by atoms with Gasteiger partial charge in [-0.3, -0.25) is 0 Å². The molecule has 1 N–H and O–H groups in total. The maximum absolute atomic E-state index is 12.0. The molecular weight excluding hydrogens is 418 g/mol. The van der Waals surface area contributed by atoms with E-state index in [-0.39, 0.29) is 23.8 Å². The zero-order chi connectivity index (χ0) is 23.0. The molecule has 6 heteroatoms. The monoisotopic (exact) mass is 441 g/mol. The molecule has 0 aliphatic rings. The van der Waals surface area contributed by atoms with Crippen molar-refractivity contribution in [3.8, 4) is 28.6 Å². The summed E-state index contributed by atoms with van der Waals surface area (Å²) in [6.45, 7) is 0.625. The van der Waals surface area contributed by atoms with Gasteiger partial charge in [0.25, 0.3) is 0 Å². The van der Waals surface area contributed by atoms with Crippen molar-refractivity contribution in [2.24, 2.45) is 0 Å². The van der Waals surface area contributed by atoms with Crippen LogP contribution in [0.4, 0.5) is 0 Å². The standard InChI is InChI=1S/C27H23NO5/c1-31-23-14-8-13-21(25(23)27(29)30)22-15-16-24(32-17-19-9-4-2-5-10-19)28-26(22)33-18-20-11-6-3-7-12-20/h2-16H,17-18H2,1H3,(H,29,30). The molecule has 0 fully saturated rings. The van der Waals surface area contributed by atoms with Gasteiger partial charge in [-0.15, -0.1) is 0 Å². The van der Waals surface area contributed by atoms with E-state index < -0.39 is 5.97 Å². The lowest BCUT2D eigenvalue weighted by atomic mass is 9.99. The van der Waals surface area contributed by atoms with Crippen LogP contribution in [0.1, 0.15) is 21.5 Å². The summed E-state index contributed by atoms with van der Waals surface area (Å²) >= 11 is 0. The molecule has 1 heterocycles. The molecule has 0 aliphatic heterocycles. The Morgan fingerprint density at radius 2 is 1.39 bits per heavy atom. The average molecular weight is 441 g/mol. The summed E-state index contributed by atoms with van der Waals surface area (Å²) in [5, 5.41) is 9.84. The molecule has 3 aromatic carbocycles. The molecule has 0 aliphatic carbocycles. The summed E-state index contributed by atoms with van der Waals surface area (Å²) in [7, 11) is 1.44. The van der Waals surface area contributed by atoms with Crippen LogP contribution in [0.15, 0.2) is 91.0 Å². The molecule has 33 heavy (non-hydrogen) atoms. The fourth-order valence-corrected chi connectivity index (χ4v) is 3.42. The third kappa shape index (κ3) is 5.30. The topological polar surface area (TPSA) is 77.9 Å². The Morgan fingerprint density at radius 3 is 2.00 bits per heavy atom. The average Bonchev–Trinajstić information content (AvgIpc) is 2.87. The van der Waals surface area contributed by atoms with Crippen molar-refractivity contribution < 1.29 is 24.1 Å². The summed E-state index contributed by atoms with van der Waals surface area (Å²) in [4.78, 5) is 16.6. The minimum atomic E-state index is -1.10. The van der Waals surface area contributed by atoms with E-state index in [9.17, 15) is 9.90 Å². The summed E-state index contributed by atoms with van der Waals surface area (Å²) in [6, 6.07) is 28.0. The van der Waals surface area contributed by atoms with Crippen molar-refractivity contribution in [2.45, 2.75) is 13.2 Å². The van der Waals surface area contributed by atoms with Crippen LogP contribution < -0.4 is 14.2 Å². The normalized spacial score (nSPS) is 10.5. The Morgan fingerprint density at radius 1 is 0.758 bits per heavy atom. The third-order valence-corrected chi connectivity index (χ3v) is 5.03. The lowest BCUT2D eigenvalue weighted by Crippen LogP contribution is -2.06. The molecular formula is C27H23NO5. The highest BCUT2D eigenvalue weighted by molar-refractivity contribution is 5.99. The van der Waals surface area contributed by atoms with Gasteiger partial charge in [-0.2, -0.15) is 4.98 Å². The first-order valence-electron chi connectivity index (χ1n) is 10.4. The van der Waals surface area contributed by atoms with Gasteiger partial charge in [0.15, 0.2) is 0 Å². The zero-order valence-corrected chi connectivity index (χ0v) is 18.1. The lowest BCUT2D eigenvalue weighted by Gasteiger charge is -2.16. The van der Waals surface area contributed by atoms with Gasteiger partial charge in [0, 0.05) is 17.2 Å². The van der Waals surface area contributed by atoms with E-state index in [0.717, 1.165) is 11.1 Å². The number of carboxylic acid groups (broad SMARTS) is 1. The Kier molecular flexibility index (Phi) is 6.85. The lowest BCUT2D eigenvalue weighted by molar-refractivity contribution is 0.0694. The highest BCUT2D eigenvalue weighted by atomic mass is 16.5. The van der Waals surface area contributed by atoms with Gasteiger partial charge in [-0.25, -0.2) is 4.79 Å². The van der Waals surface area contributed by atoms with E-state index >= 15 is 0 Å². The third-order valence-electron chi connectivity index (χ3n) is 5.03. The summed E-state index contributed by atoms with van der Waals surface area (Å²) in [6.07, 6.45) is 0. The van der Waals surface area contributed by atoms with Crippen LogP contribution in [-0.2, 0) is 13.2 Å². The number of carboxylic acids is 1. The van der Waals surface area contributed by atoms with Gasteiger partial charge < -0.3 is 19.3 Å². The largest absolute Gasteiger partial charge is 0.496 e. The molecule has 0 atom stereocenters. The quantitative estimate of drug-likeness (QED) is 0.364. The number of benzene rings is 3. The number of methoxy groups -OCH3 is 1. The highest BCUT2D eigenvalue weighted by Gasteiger charge is 2.21. The maximum Gasteiger partial charge on any atom is 0.340 e. The van der Waals surface area contributed by atoms with Crippen LogP contribution >= 0.6 is 0 Å². The van der Waals surface area contributed by atoms with Crippen LogP contribution in [0.25, 0.3) is 11.1 Å². The van der Waals surface area contributed by atoms with Crippen molar-refractivity contribution in [3.05, 3.63) is 108 Å². The molecule has 166 valence electrons. The van der Waals surface area contributed by atoms with Crippen LogP contribution in [0.5, 0.6) is 17.5 Å². The molecule has 0 unspecified atom stereocenters. The van der Waals surface area contributed by atoms with E-state index in [2.05, 4.69) is 4.98 Å². The number of hydrogen-bond donors (Lipinski definition) is 1. The number of aromatic nitrogens is 1. The second-order valence-corrected chi connectivity index (χ2v) is 7.24. The van der Waals surface area contributed by atoms with Crippen molar-refractivity contribution in [2.75, 3.05) is 7.11 Å². The van der Waals surface area contributed by atoms with Crippen LogP contribution in [0, 0.1) is 0 Å². The van der Waals surface area contributed by atoms with E-state index in [1.54, 1.807) is 30.3 Å². The van der Waals surface area contributed by atoms with Gasteiger partial charge in [0.05, 0.1) is 7.11 Å². The number of aromatic carboxylic acids is 1. The Balaban J connectivity index is 1.70. The first-order chi connectivity index (χ1) is 16.2. The van der Waals surface area contributed by atoms with Crippen molar-refractivity contribution in [1.29, 1.82) is 0 Å². The smallest absolute Gasteiger partial charge is 0.340 e. The van der Waals surface area contributed by atoms with E-state index in [4.69, 9.17) is 14.2 Å². The molecule has 1 aromatic heterocycles. The Hall–Kier alpha value is -4.32. The first-order valence-corrected chi connectivity index (χ1v) is 10.4. The molecule has 6 nitrogen and oxygen atoms in total. The van der Waals surface area contributed by atoms with Crippen molar-refractivity contribution >= 4 is 5.97 Å². The van der Waals surface area contributed by atoms with Crippen LogP contribution in [0.2, 0.25) is 0 Å². The minimum absolute atomic E-state index is 0.0457. The van der Waals surface area contributed by atoms with E-state index in [0.29, 0.717) is 23.6 Å². The first kappa shape index (κ1) is 21.9. The maximum atomic E-state index is 12.0. The Labute approximate surface area is 192 Å². The van der Waals surface area contributed by atoms with E-state index in [1.165, 1.54) is 7.11 Å². The number of nitrogens with zero attached hydrogens (tertiary/aromatic N) is 1. The predicted octanol–water partition coefficient (Wildman–Crippen LogP) is 5.61. The Bertz CT molecular complexity index is 1230. The number of carbonyl (C=O) groups is 1. The second kappa shape index (κ2) is 10.3. The van der Waals surface area contributed by atoms with E-state index in [1.807, 2.05) is 60.7 Å². The van der Waals surface area contributed by atoms with Crippen LogP contribution in [0.3, 0.4) is 0 Å². The van der Waals surface area contributed by atoms with Gasteiger partial charge in [-0.05, 0) is 23.3 Å². The predicted molar refractivity (Wildman–Crippen MR) is 125 cm³/mol. The molecule has 0 saturated carbocycles. The molecule has 0 spiro atoms. The second-order valence-electron chi connectivity index (χ2n) is 7.24. The van der Waals surface area contributed by atoms with Gasteiger partial charge in [-0.1, -0.05) is 72.8 Å². The van der Waals surface area contributed by atoms with Gasteiger partial charge in [0.2, 0.25) is 11.8 Å². The van der Waals surface area contributed by atoms with Gasteiger partial charge in [0.1, 0.15) is 24.5 Å². The SMILES string of the molecule is COc1cccc(-c2ccc(OCc3ccccc3)nc2OCc2ccccc2)c1C(=O)O. The fourth-order valence-electron chi connectivity index (χ4n) is 3.42.